The fourth-order valence-electron chi connectivity index (χ4n) is 4.84. The lowest BCUT2D eigenvalue weighted by molar-refractivity contribution is -0.139. The van der Waals surface area contributed by atoms with Gasteiger partial charge in [0.1, 0.15) is 18.0 Å². The van der Waals surface area contributed by atoms with Crippen LogP contribution in [0.5, 0.6) is 0 Å². The summed E-state index contributed by atoms with van der Waals surface area (Å²) in [5, 5.41) is 2.83. The molecule has 34 heavy (non-hydrogen) atoms. The average molecular weight is 459 g/mol. The zero-order chi connectivity index (χ0) is 23.5. The Morgan fingerprint density at radius 1 is 1.03 bits per heavy atom. The summed E-state index contributed by atoms with van der Waals surface area (Å²) in [6.07, 6.45) is 4.73. The molecule has 2 unspecified atom stereocenters. The number of benzene rings is 2. The van der Waals surface area contributed by atoms with Crippen LogP contribution in [-0.2, 0) is 14.3 Å². The minimum absolute atomic E-state index is 0.0842. The smallest absolute Gasteiger partial charge is 0.249 e. The number of rotatable bonds is 6. The molecular weight excluding hydrogens is 428 g/mol. The summed E-state index contributed by atoms with van der Waals surface area (Å²) in [5.41, 5.74) is 4.32. The summed E-state index contributed by atoms with van der Waals surface area (Å²) in [7, 11) is 0. The second-order valence-corrected chi connectivity index (χ2v) is 9.05. The number of nitrogens with zero attached hydrogens (tertiary/aromatic N) is 2. The molecule has 7 nitrogen and oxygen atoms in total. The number of aromatic amines is 1. The van der Waals surface area contributed by atoms with Crippen molar-refractivity contribution >= 4 is 11.8 Å². The molecule has 3 aromatic rings. The lowest BCUT2D eigenvalue weighted by Gasteiger charge is -2.27. The van der Waals surface area contributed by atoms with Crippen molar-refractivity contribution in [3.05, 3.63) is 66.6 Å². The van der Waals surface area contributed by atoms with Gasteiger partial charge in [0.05, 0.1) is 17.9 Å². The first kappa shape index (κ1) is 22.3. The molecule has 3 atom stereocenters. The number of aromatic nitrogens is 2. The predicted molar refractivity (Wildman–Crippen MR) is 130 cm³/mol. The van der Waals surface area contributed by atoms with Crippen molar-refractivity contribution in [2.75, 3.05) is 13.2 Å². The van der Waals surface area contributed by atoms with E-state index in [0.29, 0.717) is 19.6 Å². The van der Waals surface area contributed by atoms with E-state index in [-0.39, 0.29) is 17.9 Å². The summed E-state index contributed by atoms with van der Waals surface area (Å²) in [4.78, 5) is 35.4. The molecule has 0 spiro atoms. The molecule has 0 bridgehead atoms. The summed E-state index contributed by atoms with van der Waals surface area (Å²) < 4.78 is 5.44. The number of ether oxygens (including phenoxy) is 1. The Bertz CT molecular complexity index is 1140. The van der Waals surface area contributed by atoms with Gasteiger partial charge in [-0.15, -0.1) is 0 Å². The normalized spacial score (nSPS) is 20.9. The summed E-state index contributed by atoms with van der Waals surface area (Å²) in [5.74, 6) is 0.498. The molecule has 0 radical (unpaired) electrons. The first-order valence-corrected chi connectivity index (χ1v) is 12.0. The second kappa shape index (κ2) is 9.81. The molecule has 2 aliphatic heterocycles. The second-order valence-electron chi connectivity index (χ2n) is 9.05. The number of amides is 2. The molecule has 3 heterocycles. The quantitative estimate of drug-likeness (QED) is 0.582. The van der Waals surface area contributed by atoms with Crippen molar-refractivity contribution in [1.29, 1.82) is 0 Å². The van der Waals surface area contributed by atoms with Crippen LogP contribution in [0.1, 0.15) is 44.5 Å². The van der Waals surface area contributed by atoms with E-state index in [1.165, 1.54) is 5.56 Å². The third-order valence-electron chi connectivity index (χ3n) is 6.70. The molecular formula is C27H30N4O3. The number of carbonyl (C=O) groups is 2. The zero-order valence-electron chi connectivity index (χ0n) is 19.4. The number of carbonyl (C=O) groups excluding carboxylic acids is 2. The fourth-order valence-corrected chi connectivity index (χ4v) is 4.84. The molecule has 2 aliphatic rings. The third-order valence-corrected chi connectivity index (χ3v) is 6.70. The van der Waals surface area contributed by atoms with Crippen LogP contribution in [0.15, 0.2) is 60.8 Å². The van der Waals surface area contributed by atoms with E-state index in [4.69, 9.17) is 4.74 Å². The minimum atomic E-state index is -0.600. The van der Waals surface area contributed by atoms with E-state index in [0.717, 1.165) is 41.9 Å². The monoisotopic (exact) mass is 458 g/mol. The highest BCUT2D eigenvalue weighted by Crippen LogP contribution is 2.32. The SMILES string of the molecule is C[C@H](NC(=O)C1CCCO1)C(=O)N1CCCC1c1ncc(-c2ccc(-c3ccccc3)cc2)[nH]1. The highest BCUT2D eigenvalue weighted by atomic mass is 16.5. The van der Waals surface area contributed by atoms with Gasteiger partial charge in [0.25, 0.3) is 0 Å². The summed E-state index contributed by atoms with van der Waals surface area (Å²) in [6.45, 7) is 3.00. The molecule has 2 saturated heterocycles. The highest BCUT2D eigenvalue weighted by molar-refractivity contribution is 5.89. The third kappa shape index (κ3) is 4.61. The summed E-state index contributed by atoms with van der Waals surface area (Å²) in [6, 6.07) is 17.9. The predicted octanol–water partition coefficient (Wildman–Crippen LogP) is 4.09. The lowest BCUT2D eigenvalue weighted by Crippen LogP contribution is -2.49. The summed E-state index contributed by atoms with van der Waals surface area (Å²) >= 11 is 0. The van der Waals surface area contributed by atoms with Crippen molar-refractivity contribution in [3.63, 3.8) is 0 Å². The van der Waals surface area contributed by atoms with Gasteiger partial charge in [-0.25, -0.2) is 4.98 Å². The Morgan fingerprint density at radius 3 is 2.50 bits per heavy atom. The number of hydrogen-bond acceptors (Lipinski definition) is 4. The molecule has 5 rings (SSSR count). The van der Waals surface area contributed by atoms with Gasteiger partial charge in [0, 0.05) is 13.2 Å². The Kier molecular flexibility index (Phi) is 6.45. The highest BCUT2D eigenvalue weighted by Gasteiger charge is 2.35. The molecule has 2 amide bonds. The molecule has 2 aromatic carbocycles. The molecule has 2 N–H and O–H groups in total. The Labute approximate surface area is 199 Å². The maximum atomic E-state index is 13.2. The van der Waals surface area contributed by atoms with Gasteiger partial charge in [-0.2, -0.15) is 0 Å². The van der Waals surface area contributed by atoms with Crippen molar-refractivity contribution < 1.29 is 14.3 Å². The number of H-pyrrole nitrogens is 1. The van der Waals surface area contributed by atoms with Crippen molar-refractivity contribution in [1.82, 2.24) is 20.2 Å². The molecule has 7 heteroatoms. The van der Waals surface area contributed by atoms with Gasteiger partial charge < -0.3 is 19.9 Å². The fraction of sp³-hybridized carbons (Fsp3) is 0.370. The minimum Gasteiger partial charge on any atom is -0.368 e. The maximum Gasteiger partial charge on any atom is 0.249 e. The van der Waals surface area contributed by atoms with Crippen LogP contribution in [0.3, 0.4) is 0 Å². The Balaban J connectivity index is 1.26. The number of likely N-dealkylation sites (tertiary alicyclic amines) is 1. The van der Waals surface area contributed by atoms with Crippen LogP contribution < -0.4 is 5.32 Å². The number of hydrogen-bond donors (Lipinski definition) is 2. The molecule has 1 aromatic heterocycles. The van der Waals surface area contributed by atoms with Crippen LogP contribution >= 0.6 is 0 Å². The Morgan fingerprint density at radius 2 is 1.76 bits per heavy atom. The number of imidazole rings is 1. The zero-order valence-corrected chi connectivity index (χ0v) is 19.4. The van der Waals surface area contributed by atoms with Gasteiger partial charge in [0.15, 0.2) is 0 Å². The van der Waals surface area contributed by atoms with Crippen molar-refractivity contribution in [3.8, 4) is 22.4 Å². The van der Waals surface area contributed by atoms with Gasteiger partial charge in [-0.05, 0) is 49.3 Å². The van der Waals surface area contributed by atoms with E-state index in [2.05, 4.69) is 51.7 Å². The van der Waals surface area contributed by atoms with Gasteiger partial charge >= 0.3 is 0 Å². The molecule has 2 fully saturated rings. The molecule has 0 aliphatic carbocycles. The van der Waals surface area contributed by atoms with E-state index < -0.39 is 12.1 Å². The number of nitrogens with one attached hydrogen (secondary N) is 2. The van der Waals surface area contributed by atoms with E-state index in [1.54, 1.807) is 6.92 Å². The van der Waals surface area contributed by atoms with Gasteiger partial charge in [-0.1, -0.05) is 54.6 Å². The molecule has 0 saturated carbocycles. The lowest BCUT2D eigenvalue weighted by atomic mass is 10.0. The average Bonchev–Trinajstić information content (AvgIpc) is 3.65. The first-order valence-electron chi connectivity index (χ1n) is 12.0. The largest absolute Gasteiger partial charge is 0.368 e. The van der Waals surface area contributed by atoms with Gasteiger partial charge in [0.2, 0.25) is 11.8 Å². The standard InChI is InChI=1S/C27H30N4O3/c1-18(29-26(32)24-10-6-16-34-24)27(33)31-15-5-9-23(31)25-28-17-22(30-25)21-13-11-20(12-14-21)19-7-3-2-4-8-19/h2-4,7-8,11-14,17-18,23-24H,5-6,9-10,15-16H2,1H3,(H,28,30)(H,29,32)/t18-,23?,24?/m0/s1. The van der Waals surface area contributed by atoms with Gasteiger partial charge in [-0.3, -0.25) is 9.59 Å². The van der Waals surface area contributed by atoms with E-state index >= 15 is 0 Å². The van der Waals surface area contributed by atoms with E-state index in [1.807, 2.05) is 29.3 Å². The maximum absolute atomic E-state index is 13.2. The van der Waals surface area contributed by atoms with Crippen LogP contribution in [0.4, 0.5) is 0 Å². The first-order chi connectivity index (χ1) is 16.6. The topological polar surface area (TPSA) is 87.3 Å². The van der Waals surface area contributed by atoms with Crippen LogP contribution in [0, 0.1) is 0 Å². The van der Waals surface area contributed by atoms with Crippen molar-refractivity contribution in [2.24, 2.45) is 0 Å². The molecule has 176 valence electrons. The Hall–Kier alpha value is -3.45. The van der Waals surface area contributed by atoms with Crippen LogP contribution in [0.2, 0.25) is 0 Å². The van der Waals surface area contributed by atoms with E-state index in [9.17, 15) is 9.59 Å². The van der Waals surface area contributed by atoms with Crippen LogP contribution in [-0.4, -0.2) is 52.0 Å². The van der Waals surface area contributed by atoms with Crippen molar-refractivity contribution in [2.45, 2.75) is 50.8 Å². The van der Waals surface area contributed by atoms with Crippen LogP contribution in [0.25, 0.3) is 22.4 Å².